The van der Waals surface area contributed by atoms with E-state index in [1.165, 1.54) is 0 Å². The maximum absolute atomic E-state index is 11.3. The monoisotopic (exact) mass is 282 g/mol. The molecule has 7 heteroatoms. The first-order chi connectivity index (χ1) is 9.53. The molecule has 0 amide bonds. The van der Waals surface area contributed by atoms with Gasteiger partial charge in [-0.05, 0) is 19.8 Å². The van der Waals surface area contributed by atoms with Crippen molar-refractivity contribution in [2.75, 3.05) is 11.9 Å². The van der Waals surface area contributed by atoms with Gasteiger partial charge in [0.05, 0.1) is 11.5 Å². The number of nitrogens with one attached hydrogen (secondary N) is 1. The van der Waals surface area contributed by atoms with Crippen LogP contribution in [-0.2, 0) is 6.42 Å². The zero-order chi connectivity index (χ0) is 15.1. The van der Waals surface area contributed by atoms with E-state index in [2.05, 4.69) is 15.3 Å². The molecule has 0 saturated heterocycles. The standard InChI is InChI=1S/C13H22N4O3/c1-5-8-20-13-11(17(18)19)12(14-9(4)6-2)15-10(7-3)16-13/h9H,5-8H2,1-4H3,(H,14,15,16). The molecule has 1 aromatic heterocycles. The van der Waals surface area contributed by atoms with Gasteiger partial charge in [0, 0.05) is 12.5 Å². The van der Waals surface area contributed by atoms with E-state index < -0.39 is 4.92 Å². The van der Waals surface area contributed by atoms with Gasteiger partial charge in [-0.1, -0.05) is 20.8 Å². The minimum atomic E-state index is -0.491. The van der Waals surface area contributed by atoms with E-state index in [-0.39, 0.29) is 23.4 Å². The van der Waals surface area contributed by atoms with Crippen LogP contribution in [-0.4, -0.2) is 27.5 Å². The molecule has 0 bridgehead atoms. The zero-order valence-corrected chi connectivity index (χ0v) is 12.5. The van der Waals surface area contributed by atoms with Crippen molar-refractivity contribution in [3.05, 3.63) is 15.9 Å². The Kier molecular flexibility index (Phi) is 6.14. The zero-order valence-electron chi connectivity index (χ0n) is 12.5. The van der Waals surface area contributed by atoms with Crippen molar-refractivity contribution in [3.63, 3.8) is 0 Å². The van der Waals surface area contributed by atoms with Gasteiger partial charge in [0.25, 0.3) is 5.88 Å². The summed E-state index contributed by atoms with van der Waals surface area (Å²) in [5.41, 5.74) is -0.184. The molecule has 1 aromatic rings. The molecule has 0 saturated carbocycles. The largest absolute Gasteiger partial charge is 0.473 e. The van der Waals surface area contributed by atoms with Crippen LogP contribution in [0.15, 0.2) is 0 Å². The fraction of sp³-hybridized carbons (Fsp3) is 0.692. The smallest absolute Gasteiger partial charge is 0.372 e. The minimum absolute atomic E-state index is 0.0505. The van der Waals surface area contributed by atoms with Gasteiger partial charge in [-0.25, -0.2) is 4.98 Å². The third-order valence-electron chi connectivity index (χ3n) is 2.84. The van der Waals surface area contributed by atoms with E-state index in [0.29, 0.717) is 18.9 Å². The SMILES string of the molecule is CCCOc1nc(CC)nc(NC(C)CC)c1[N+](=O)[O-]. The van der Waals surface area contributed by atoms with Crippen molar-refractivity contribution in [3.8, 4) is 5.88 Å². The van der Waals surface area contributed by atoms with Crippen LogP contribution in [0.3, 0.4) is 0 Å². The van der Waals surface area contributed by atoms with Gasteiger partial charge in [-0.3, -0.25) is 10.1 Å². The van der Waals surface area contributed by atoms with Gasteiger partial charge >= 0.3 is 5.69 Å². The van der Waals surface area contributed by atoms with E-state index >= 15 is 0 Å². The predicted octanol–water partition coefficient (Wildman–Crippen LogP) is 2.95. The van der Waals surface area contributed by atoms with Crippen LogP contribution in [0.2, 0.25) is 0 Å². The van der Waals surface area contributed by atoms with Crippen molar-refractivity contribution >= 4 is 11.5 Å². The number of rotatable bonds is 8. The molecule has 0 fully saturated rings. The van der Waals surface area contributed by atoms with Crippen LogP contribution in [0.4, 0.5) is 11.5 Å². The molecule has 0 aliphatic carbocycles. The lowest BCUT2D eigenvalue weighted by atomic mass is 10.2. The molecule has 112 valence electrons. The highest BCUT2D eigenvalue weighted by Gasteiger charge is 2.26. The van der Waals surface area contributed by atoms with Crippen LogP contribution in [0.1, 0.15) is 46.4 Å². The summed E-state index contributed by atoms with van der Waals surface area (Å²) in [6.07, 6.45) is 2.19. The van der Waals surface area contributed by atoms with Crippen molar-refractivity contribution in [2.24, 2.45) is 0 Å². The van der Waals surface area contributed by atoms with Crippen LogP contribution in [0, 0.1) is 10.1 Å². The third-order valence-corrected chi connectivity index (χ3v) is 2.84. The lowest BCUT2D eigenvalue weighted by Gasteiger charge is -2.14. The summed E-state index contributed by atoms with van der Waals surface area (Å²) in [7, 11) is 0. The maximum Gasteiger partial charge on any atom is 0.372 e. The molecule has 7 nitrogen and oxygen atoms in total. The van der Waals surface area contributed by atoms with Crippen LogP contribution in [0.25, 0.3) is 0 Å². The Balaban J connectivity index is 3.26. The van der Waals surface area contributed by atoms with E-state index in [1.54, 1.807) is 0 Å². The van der Waals surface area contributed by atoms with Crippen molar-refractivity contribution in [1.82, 2.24) is 9.97 Å². The second-order valence-corrected chi connectivity index (χ2v) is 4.55. The van der Waals surface area contributed by atoms with E-state index in [1.807, 2.05) is 27.7 Å². The summed E-state index contributed by atoms with van der Waals surface area (Å²) >= 11 is 0. The minimum Gasteiger partial charge on any atom is -0.473 e. The number of hydrogen-bond donors (Lipinski definition) is 1. The van der Waals surface area contributed by atoms with Crippen LogP contribution >= 0.6 is 0 Å². The Morgan fingerprint density at radius 2 is 2.05 bits per heavy atom. The first-order valence-corrected chi connectivity index (χ1v) is 6.98. The Bertz CT molecular complexity index is 465. The molecule has 0 radical (unpaired) electrons. The number of aryl methyl sites for hydroxylation is 1. The molecule has 0 aliphatic heterocycles. The van der Waals surface area contributed by atoms with E-state index in [0.717, 1.165) is 12.8 Å². The number of ether oxygens (including phenoxy) is 1. The molecule has 1 unspecified atom stereocenters. The lowest BCUT2D eigenvalue weighted by molar-refractivity contribution is -0.385. The summed E-state index contributed by atoms with van der Waals surface area (Å²) in [6, 6.07) is 0.0901. The summed E-state index contributed by atoms with van der Waals surface area (Å²) in [6.45, 7) is 8.18. The normalized spacial score (nSPS) is 12.0. The molecular formula is C13H22N4O3. The fourth-order valence-electron chi connectivity index (χ4n) is 1.54. The van der Waals surface area contributed by atoms with Gasteiger partial charge in [0.15, 0.2) is 0 Å². The Labute approximate surface area is 118 Å². The Morgan fingerprint density at radius 1 is 1.35 bits per heavy atom. The molecule has 20 heavy (non-hydrogen) atoms. The highest BCUT2D eigenvalue weighted by atomic mass is 16.6. The van der Waals surface area contributed by atoms with Gasteiger partial charge in [0.2, 0.25) is 5.82 Å². The first-order valence-electron chi connectivity index (χ1n) is 6.98. The average Bonchev–Trinajstić information content (AvgIpc) is 2.43. The third kappa shape index (κ3) is 4.04. The molecule has 0 aliphatic rings. The fourth-order valence-corrected chi connectivity index (χ4v) is 1.54. The number of nitrogens with zero attached hydrogens (tertiary/aromatic N) is 3. The first kappa shape index (κ1) is 16.1. The molecule has 0 aromatic carbocycles. The van der Waals surface area contributed by atoms with Crippen molar-refractivity contribution < 1.29 is 9.66 Å². The summed E-state index contributed by atoms with van der Waals surface area (Å²) in [4.78, 5) is 19.1. The van der Waals surface area contributed by atoms with Crippen LogP contribution < -0.4 is 10.1 Å². The molecular weight excluding hydrogens is 260 g/mol. The molecule has 1 atom stereocenters. The van der Waals surface area contributed by atoms with Gasteiger partial charge in [0.1, 0.15) is 5.82 Å². The second-order valence-electron chi connectivity index (χ2n) is 4.55. The number of aromatic nitrogens is 2. The number of hydrogen-bond acceptors (Lipinski definition) is 6. The highest BCUT2D eigenvalue weighted by Crippen LogP contribution is 2.32. The van der Waals surface area contributed by atoms with Gasteiger partial charge in [-0.2, -0.15) is 4.98 Å². The van der Waals surface area contributed by atoms with Gasteiger partial charge < -0.3 is 10.1 Å². The maximum atomic E-state index is 11.3. The quantitative estimate of drug-likeness (QED) is 0.582. The summed E-state index contributed by atoms with van der Waals surface area (Å²) < 4.78 is 5.41. The lowest BCUT2D eigenvalue weighted by Crippen LogP contribution is -2.18. The highest BCUT2D eigenvalue weighted by molar-refractivity contribution is 5.62. The molecule has 1 N–H and O–H groups in total. The predicted molar refractivity (Wildman–Crippen MR) is 77.2 cm³/mol. The number of anilines is 1. The average molecular weight is 282 g/mol. The topological polar surface area (TPSA) is 90.2 Å². The summed E-state index contributed by atoms with van der Waals surface area (Å²) in [5, 5.41) is 14.3. The summed E-state index contributed by atoms with van der Waals surface area (Å²) in [5.74, 6) is 0.823. The molecule has 1 heterocycles. The van der Waals surface area contributed by atoms with E-state index in [9.17, 15) is 10.1 Å². The Hall–Kier alpha value is -1.92. The van der Waals surface area contributed by atoms with Crippen molar-refractivity contribution in [1.29, 1.82) is 0 Å². The van der Waals surface area contributed by atoms with E-state index in [4.69, 9.17) is 4.74 Å². The Morgan fingerprint density at radius 3 is 2.55 bits per heavy atom. The second kappa shape index (κ2) is 7.62. The number of nitro groups is 1. The molecule has 0 spiro atoms. The van der Waals surface area contributed by atoms with Gasteiger partial charge in [-0.15, -0.1) is 0 Å². The van der Waals surface area contributed by atoms with Crippen LogP contribution in [0.5, 0.6) is 5.88 Å². The van der Waals surface area contributed by atoms with Crippen molar-refractivity contribution in [2.45, 2.75) is 53.0 Å². The molecule has 1 rings (SSSR count).